The summed E-state index contributed by atoms with van der Waals surface area (Å²) in [6, 6.07) is 5.03. The van der Waals surface area contributed by atoms with Crippen LogP contribution in [0.25, 0.3) is 4.85 Å². The lowest BCUT2D eigenvalue weighted by Gasteiger charge is -2.31. The zero-order valence-corrected chi connectivity index (χ0v) is 19.6. The summed E-state index contributed by atoms with van der Waals surface area (Å²) in [5.41, 5.74) is 2.10. The number of anilines is 1. The Hall–Kier alpha value is -3.19. The third-order valence-corrected chi connectivity index (χ3v) is 6.67. The Kier molecular flexibility index (Phi) is 6.37. The van der Waals surface area contributed by atoms with E-state index in [1.807, 2.05) is 4.90 Å². The van der Waals surface area contributed by atoms with Gasteiger partial charge in [-0.2, -0.15) is 9.78 Å². The molecule has 2 aromatic heterocycles. The molecule has 1 atom stereocenters. The van der Waals surface area contributed by atoms with Gasteiger partial charge in [0.1, 0.15) is 17.1 Å². The fourth-order valence-corrected chi connectivity index (χ4v) is 4.63. The van der Waals surface area contributed by atoms with Crippen LogP contribution in [-0.2, 0) is 17.7 Å². The van der Waals surface area contributed by atoms with Crippen molar-refractivity contribution >= 4 is 34.6 Å². The first-order valence-electron chi connectivity index (χ1n) is 10.9. The van der Waals surface area contributed by atoms with Crippen LogP contribution in [0.3, 0.4) is 0 Å². The predicted molar refractivity (Wildman–Crippen MR) is 127 cm³/mol. The van der Waals surface area contributed by atoms with Crippen molar-refractivity contribution in [2.75, 3.05) is 18.1 Å². The number of ether oxygens (including phenoxy) is 2. The summed E-state index contributed by atoms with van der Waals surface area (Å²) in [7, 11) is 0. The van der Waals surface area contributed by atoms with Crippen LogP contribution >= 0.6 is 23.2 Å². The summed E-state index contributed by atoms with van der Waals surface area (Å²) in [4.78, 5) is 27.0. The summed E-state index contributed by atoms with van der Waals surface area (Å²) in [6.07, 6.45) is 5.92. The third kappa shape index (κ3) is 4.20. The molecular weight excluding hydrogens is 479 g/mol. The Bertz CT molecular complexity index is 1330. The highest BCUT2D eigenvalue weighted by atomic mass is 35.5. The highest BCUT2D eigenvalue weighted by molar-refractivity contribution is 6.34. The zero-order chi connectivity index (χ0) is 23.7. The second-order valence-corrected chi connectivity index (χ2v) is 8.75. The number of halogens is 2. The number of benzene rings is 1. The molecule has 3 aromatic rings. The van der Waals surface area contributed by atoms with Crippen molar-refractivity contribution < 1.29 is 9.47 Å². The van der Waals surface area contributed by atoms with Gasteiger partial charge in [-0.1, -0.05) is 35.3 Å². The molecule has 1 unspecified atom stereocenters. The molecule has 9 nitrogen and oxygen atoms in total. The van der Waals surface area contributed by atoms with Gasteiger partial charge in [0.25, 0.3) is 5.56 Å². The van der Waals surface area contributed by atoms with E-state index < -0.39 is 0 Å². The Labute approximate surface area is 205 Å². The van der Waals surface area contributed by atoms with Crippen molar-refractivity contribution in [1.29, 1.82) is 0 Å². The summed E-state index contributed by atoms with van der Waals surface area (Å²) in [6.45, 7) is 8.82. The molecule has 1 fully saturated rings. The summed E-state index contributed by atoms with van der Waals surface area (Å²) < 4.78 is 13.0. The van der Waals surface area contributed by atoms with Gasteiger partial charge in [-0.05, 0) is 31.7 Å². The molecule has 0 N–H and O–H groups in total. The van der Waals surface area contributed by atoms with Crippen LogP contribution in [0.2, 0.25) is 10.0 Å². The first-order chi connectivity index (χ1) is 16.6. The van der Waals surface area contributed by atoms with E-state index >= 15 is 0 Å². The lowest BCUT2D eigenvalue weighted by atomic mass is 10.1. The maximum atomic E-state index is 12.9. The molecule has 0 spiro atoms. The monoisotopic (exact) mass is 498 g/mol. The smallest absolute Gasteiger partial charge is 0.290 e. The minimum Gasteiger partial charge on any atom is -0.438 e. The van der Waals surface area contributed by atoms with Gasteiger partial charge in [0.2, 0.25) is 11.6 Å². The highest BCUT2D eigenvalue weighted by Crippen LogP contribution is 2.38. The number of hydrogen-bond donors (Lipinski definition) is 0. The normalized spacial score (nSPS) is 17.7. The molecule has 2 aliphatic rings. The lowest BCUT2D eigenvalue weighted by molar-refractivity contribution is -0.0424. The van der Waals surface area contributed by atoms with Crippen LogP contribution in [0.4, 0.5) is 11.4 Å². The Morgan fingerprint density at radius 2 is 2.09 bits per heavy atom. The van der Waals surface area contributed by atoms with E-state index in [0.717, 1.165) is 30.5 Å². The largest absolute Gasteiger partial charge is 0.438 e. The van der Waals surface area contributed by atoms with E-state index in [1.165, 1.54) is 11.0 Å². The minimum atomic E-state index is -0.379. The number of nitrogens with zero attached hydrogens (tertiary/aromatic N) is 6. The molecule has 5 rings (SSSR count). The van der Waals surface area contributed by atoms with E-state index in [4.69, 9.17) is 39.2 Å². The maximum absolute atomic E-state index is 12.9. The molecule has 4 heterocycles. The van der Waals surface area contributed by atoms with Crippen LogP contribution in [0.15, 0.2) is 35.5 Å². The molecule has 0 radical (unpaired) electrons. The second kappa shape index (κ2) is 9.58. The summed E-state index contributed by atoms with van der Waals surface area (Å²) in [5, 5.41) is 4.70. The van der Waals surface area contributed by atoms with Crippen molar-refractivity contribution in [3.63, 3.8) is 0 Å². The van der Waals surface area contributed by atoms with E-state index in [9.17, 15) is 4.79 Å². The number of hydrogen-bond acceptors (Lipinski definition) is 7. The fraction of sp³-hybridized carbons (Fsp3) is 0.348. The first kappa shape index (κ1) is 22.6. The molecule has 174 valence electrons. The van der Waals surface area contributed by atoms with Crippen molar-refractivity contribution in [2.24, 2.45) is 0 Å². The standard InChI is InChI=1S/C23H20Cl2N6O3/c1-26-15-5-4-6-18(20(15)24)34-22-14-8-9-30(12-16(14)27-13-28-22)17-11-29-31(23(32)21(17)25)19-7-2-3-10-33-19/h4-6,11,13,19H,2-3,7-10,12H2. The Morgan fingerprint density at radius 1 is 1.21 bits per heavy atom. The van der Waals surface area contributed by atoms with Gasteiger partial charge in [-0.3, -0.25) is 4.79 Å². The van der Waals surface area contributed by atoms with Crippen molar-refractivity contribution in [3.8, 4) is 11.6 Å². The summed E-state index contributed by atoms with van der Waals surface area (Å²) >= 11 is 12.8. The van der Waals surface area contributed by atoms with Crippen molar-refractivity contribution in [3.05, 3.63) is 73.8 Å². The molecular formula is C23H20Cl2N6O3. The van der Waals surface area contributed by atoms with E-state index in [-0.39, 0.29) is 21.8 Å². The van der Waals surface area contributed by atoms with Gasteiger partial charge in [0.05, 0.1) is 35.7 Å². The van der Waals surface area contributed by atoms with Crippen LogP contribution in [0, 0.1) is 6.57 Å². The average molecular weight is 499 g/mol. The molecule has 34 heavy (non-hydrogen) atoms. The topological polar surface area (TPSA) is 86.7 Å². The van der Waals surface area contributed by atoms with Gasteiger partial charge in [0.15, 0.2) is 6.23 Å². The molecule has 1 saturated heterocycles. The van der Waals surface area contributed by atoms with Crippen molar-refractivity contribution in [2.45, 2.75) is 38.5 Å². The van der Waals surface area contributed by atoms with Crippen LogP contribution < -0.4 is 15.2 Å². The molecule has 0 amide bonds. The van der Waals surface area contributed by atoms with Gasteiger partial charge < -0.3 is 14.4 Å². The maximum Gasteiger partial charge on any atom is 0.290 e. The summed E-state index contributed by atoms with van der Waals surface area (Å²) in [5.74, 6) is 0.752. The SMILES string of the molecule is [C-]#[N+]c1cccc(Oc2ncnc3c2CCN(c2cnn(C4CCCCO4)c(=O)c2Cl)C3)c1Cl. The van der Waals surface area contributed by atoms with Crippen LogP contribution in [-0.4, -0.2) is 32.9 Å². The van der Waals surface area contributed by atoms with Crippen molar-refractivity contribution in [1.82, 2.24) is 19.7 Å². The van der Waals surface area contributed by atoms with Gasteiger partial charge in [-0.15, -0.1) is 0 Å². The lowest BCUT2D eigenvalue weighted by Crippen LogP contribution is -2.36. The van der Waals surface area contributed by atoms with Gasteiger partial charge in [0, 0.05) is 18.7 Å². The van der Waals surface area contributed by atoms with Crippen LogP contribution in [0.1, 0.15) is 36.7 Å². The molecule has 0 saturated carbocycles. The van der Waals surface area contributed by atoms with Gasteiger partial charge in [-0.25, -0.2) is 14.8 Å². The highest BCUT2D eigenvalue weighted by Gasteiger charge is 2.27. The first-order valence-corrected chi connectivity index (χ1v) is 11.6. The Balaban J connectivity index is 1.40. The number of rotatable bonds is 4. The predicted octanol–water partition coefficient (Wildman–Crippen LogP) is 4.94. The zero-order valence-electron chi connectivity index (χ0n) is 18.1. The molecule has 1 aromatic carbocycles. The molecule has 0 aliphatic carbocycles. The number of aromatic nitrogens is 4. The van der Waals surface area contributed by atoms with Crippen LogP contribution in [0.5, 0.6) is 11.6 Å². The number of fused-ring (bicyclic) bond motifs is 1. The Morgan fingerprint density at radius 3 is 2.88 bits per heavy atom. The average Bonchev–Trinajstić information content (AvgIpc) is 2.87. The quantitative estimate of drug-likeness (QED) is 0.470. The fourth-order valence-electron chi connectivity index (χ4n) is 4.16. The van der Waals surface area contributed by atoms with Gasteiger partial charge >= 0.3 is 0 Å². The molecule has 11 heteroatoms. The second-order valence-electron chi connectivity index (χ2n) is 7.99. The minimum absolute atomic E-state index is 0.112. The van der Waals surface area contributed by atoms with E-state index in [1.54, 1.807) is 24.4 Å². The molecule has 2 aliphatic heterocycles. The molecule has 0 bridgehead atoms. The van der Waals surface area contributed by atoms with E-state index in [0.29, 0.717) is 49.1 Å². The third-order valence-electron chi connectivity index (χ3n) is 5.93. The van der Waals surface area contributed by atoms with E-state index in [2.05, 4.69) is 19.9 Å².